The van der Waals surface area contributed by atoms with Gasteiger partial charge in [-0.25, -0.2) is 9.59 Å². The van der Waals surface area contributed by atoms with Crippen molar-refractivity contribution in [2.45, 2.75) is 70.6 Å². The van der Waals surface area contributed by atoms with Crippen LogP contribution in [0.15, 0.2) is 60.7 Å². The second-order valence-electron chi connectivity index (χ2n) is 16.0. The Bertz CT molecular complexity index is 2270. The van der Waals surface area contributed by atoms with Gasteiger partial charge in [0.05, 0.1) is 54.1 Å². The van der Waals surface area contributed by atoms with Crippen molar-refractivity contribution in [3.05, 3.63) is 94.0 Å². The molecule has 0 saturated heterocycles. The molecule has 4 aliphatic rings. The number of aliphatic carboxylic acids is 2. The number of methoxy groups -OCH3 is 3. The summed E-state index contributed by atoms with van der Waals surface area (Å²) in [5, 5.41) is 21.0. The summed E-state index contributed by atoms with van der Waals surface area (Å²) in [4.78, 5) is 38.5. The Kier molecular flexibility index (Phi) is 10.8. The maximum atomic E-state index is 12.9. The zero-order chi connectivity index (χ0) is 41.7. The Labute approximate surface area is 338 Å². The van der Waals surface area contributed by atoms with Crippen molar-refractivity contribution in [3.63, 3.8) is 0 Å². The van der Waals surface area contributed by atoms with Crippen molar-refractivity contribution in [3.8, 4) is 46.0 Å². The summed E-state index contributed by atoms with van der Waals surface area (Å²) in [5.74, 6) is 0.439. The van der Waals surface area contributed by atoms with Crippen LogP contribution in [0.3, 0.4) is 0 Å². The van der Waals surface area contributed by atoms with Crippen LogP contribution in [-0.4, -0.2) is 97.7 Å². The molecule has 6 unspecified atom stereocenters. The van der Waals surface area contributed by atoms with Gasteiger partial charge in [0.25, 0.3) is 0 Å². The molecule has 4 aromatic carbocycles. The van der Waals surface area contributed by atoms with Crippen LogP contribution < -0.4 is 28.4 Å². The van der Waals surface area contributed by atoms with Gasteiger partial charge in [0.1, 0.15) is 17.8 Å². The molecular weight excluding hydrogens is 744 g/mol. The van der Waals surface area contributed by atoms with Crippen LogP contribution in [0.1, 0.15) is 66.2 Å². The number of carbonyl (C=O) groups is 3. The lowest BCUT2D eigenvalue weighted by atomic mass is 9.84. The van der Waals surface area contributed by atoms with E-state index < -0.39 is 36.0 Å². The Balaban J connectivity index is 1.56. The molecule has 6 atom stereocenters. The smallest absolute Gasteiger partial charge is 0.362 e. The molecule has 0 fully saturated rings. The molecule has 6 bridgehead atoms. The summed E-state index contributed by atoms with van der Waals surface area (Å²) in [5.41, 5.74) is 5.27. The number of fused-ring (bicyclic) bond motifs is 2. The number of hydrogen-bond acceptors (Lipinski definition) is 9. The number of likely N-dealkylation sites (N-methyl/N-ethyl adjacent to an activating group) is 2. The molecule has 2 N–H and O–H groups in total. The average molecular weight is 797 g/mol. The summed E-state index contributed by atoms with van der Waals surface area (Å²) in [6.45, 7) is 5.82. The molecule has 8 rings (SSSR count). The number of ether oxygens (including phenoxy) is 6. The SMILES string of the molecule is COc1ccc2cc1Oc1ccc(cc1)CC1c3cc(c(OC)cc3CC[N+]1(C)C(C)C(=O)O)Oc1c(OC(C)=O)c(OC)cc3c1C(C2)[N+](C)(C(C)C(=O)O)CC3. The fourth-order valence-corrected chi connectivity index (χ4v) is 9.14. The highest BCUT2D eigenvalue weighted by molar-refractivity contribution is 5.75. The minimum atomic E-state index is -0.956. The summed E-state index contributed by atoms with van der Waals surface area (Å²) >= 11 is 0. The number of carboxylic acid groups (broad SMARTS) is 2. The predicted octanol–water partition coefficient (Wildman–Crippen LogP) is 7.05. The van der Waals surface area contributed by atoms with E-state index in [2.05, 4.69) is 0 Å². The van der Waals surface area contributed by atoms with Gasteiger partial charge in [-0.1, -0.05) is 18.2 Å². The van der Waals surface area contributed by atoms with Crippen LogP contribution in [-0.2, 0) is 40.1 Å². The quantitative estimate of drug-likeness (QED) is 0.107. The van der Waals surface area contributed by atoms with Crippen molar-refractivity contribution < 1.29 is 62.0 Å². The first-order valence-electron chi connectivity index (χ1n) is 19.5. The van der Waals surface area contributed by atoms with Crippen LogP contribution in [0, 0.1) is 0 Å². The molecule has 0 aliphatic carbocycles. The lowest BCUT2D eigenvalue weighted by Gasteiger charge is -2.48. The van der Waals surface area contributed by atoms with Gasteiger partial charge in [-0.05, 0) is 78.6 Å². The van der Waals surface area contributed by atoms with E-state index in [0.717, 1.165) is 27.8 Å². The number of esters is 1. The third-order valence-electron chi connectivity index (χ3n) is 13.0. The first kappa shape index (κ1) is 40.4. The fourth-order valence-electron chi connectivity index (χ4n) is 9.14. The van der Waals surface area contributed by atoms with E-state index in [-0.39, 0.29) is 32.3 Å². The Morgan fingerprint density at radius 1 is 0.690 bits per heavy atom. The molecule has 0 aromatic heterocycles. The van der Waals surface area contributed by atoms with E-state index in [1.165, 1.54) is 14.0 Å². The second-order valence-corrected chi connectivity index (χ2v) is 16.0. The summed E-state index contributed by atoms with van der Waals surface area (Å²) in [7, 11) is 8.56. The first-order chi connectivity index (χ1) is 27.6. The monoisotopic (exact) mass is 796 g/mol. The lowest BCUT2D eigenvalue weighted by Crippen LogP contribution is -2.59. The number of benzene rings is 4. The number of nitrogens with zero attached hydrogens (tertiary/aromatic N) is 2. The van der Waals surface area contributed by atoms with Crippen molar-refractivity contribution in [1.82, 2.24) is 0 Å². The summed E-state index contributed by atoms with van der Waals surface area (Å²) in [6.07, 6.45) is 1.92. The highest BCUT2D eigenvalue weighted by Gasteiger charge is 2.50. The number of quaternary nitrogens is 2. The molecule has 0 spiro atoms. The predicted molar refractivity (Wildman–Crippen MR) is 213 cm³/mol. The van der Waals surface area contributed by atoms with Crippen molar-refractivity contribution in [2.24, 2.45) is 0 Å². The van der Waals surface area contributed by atoms with Gasteiger partial charge in [0.15, 0.2) is 46.6 Å². The third kappa shape index (κ3) is 7.06. The van der Waals surface area contributed by atoms with Crippen LogP contribution in [0.25, 0.3) is 0 Å². The number of carboxylic acids is 2. The normalized spacial score (nSPS) is 23.0. The second kappa shape index (κ2) is 15.5. The van der Waals surface area contributed by atoms with Crippen molar-refractivity contribution in [1.29, 1.82) is 0 Å². The molecule has 58 heavy (non-hydrogen) atoms. The van der Waals surface area contributed by atoms with E-state index in [1.807, 2.05) is 74.8 Å². The van der Waals surface area contributed by atoms with E-state index >= 15 is 0 Å². The van der Waals surface area contributed by atoms with Crippen LogP contribution in [0.2, 0.25) is 0 Å². The largest absolute Gasteiger partial charge is 0.493 e. The van der Waals surface area contributed by atoms with Crippen molar-refractivity contribution >= 4 is 17.9 Å². The minimum Gasteiger partial charge on any atom is -0.493 e. The Hall–Kier alpha value is -5.79. The number of rotatable bonds is 8. The average Bonchev–Trinajstić information content (AvgIpc) is 3.20. The molecule has 0 radical (unpaired) electrons. The van der Waals surface area contributed by atoms with Gasteiger partial charge in [0, 0.05) is 38.2 Å². The molecule has 4 aromatic rings. The number of hydrogen-bond donors (Lipinski definition) is 2. The molecule has 0 saturated carbocycles. The topological polar surface area (TPSA) is 147 Å². The number of carbonyl (C=O) groups excluding carboxylic acids is 1. The standard InChI is InChI=1S/C45H50N2O11/c1-25(44(49)50)46(4)17-15-30-22-37(54-7)39-24-33(30)34(46)19-28-9-12-32(13-10-28)57-38-21-29(11-14-36(38)53-6)20-35-41-31(16-18-47(35,5)26(2)45(51)52)23-40(55-8)42(43(41)58-39)56-27(3)48/h9-14,21-26,34-35H,15-20H2,1-8H3/p+2. The minimum absolute atomic E-state index is 0.0549. The zero-order valence-corrected chi connectivity index (χ0v) is 34.3. The van der Waals surface area contributed by atoms with E-state index in [1.54, 1.807) is 28.1 Å². The van der Waals surface area contributed by atoms with Crippen LogP contribution >= 0.6 is 0 Å². The summed E-state index contributed by atoms with van der Waals surface area (Å²) in [6, 6.07) is 16.7. The van der Waals surface area contributed by atoms with E-state index in [9.17, 15) is 24.6 Å². The van der Waals surface area contributed by atoms with Gasteiger partial charge < -0.3 is 47.6 Å². The molecule has 4 heterocycles. The van der Waals surface area contributed by atoms with Crippen LogP contribution in [0.4, 0.5) is 0 Å². The van der Waals surface area contributed by atoms with Gasteiger partial charge in [-0.15, -0.1) is 0 Å². The first-order valence-corrected chi connectivity index (χ1v) is 19.5. The van der Waals surface area contributed by atoms with Crippen LogP contribution in [0.5, 0.6) is 46.0 Å². The fraction of sp³-hybridized carbons (Fsp3) is 0.400. The lowest BCUT2D eigenvalue weighted by molar-refractivity contribution is -0.954. The van der Waals surface area contributed by atoms with E-state index in [4.69, 9.17) is 28.4 Å². The Morgan fingerprint density at radius 3 is 1.84 bits per heavy atom. The van der Waals surface area contributed by atoms with Crippen molar-refractivity contribution in [2.75, 3.05) is 48.5 Å². The highest BCUT2D eigenvalue weighted by Crippen LogP contribution is 2.54. The molecule has 306 valence electrons. The third-order valence-corrected chi connectivity index (χ3v) is 13.0. The molecule has 13 heteroatoms. The molecule has 0 amide bonds. The maximum absolute atomic E-state index is 12.9. The van der Waals surface area contributed by atoms with Gasteiger partial charge in [0.2, 0.25) is 5.75 Å². The van der Waals surface area contributed by atoms with E-state index in [0.29, 0.717) is 73.1 Å². The van der Waals surface area contributed by atoms with Gasteiger partial charge in [-0.3, -0.25) is 4.79 Å². The van der Waals surface area contributed by atoms with Gasteiger partial charge in [-0.2, -0.15) is 0 Å². The molecule has 13 nitrogen and oxygen atoms in total. The Morgan fingerprint density at radius 2 is 1.24 bits per heavy atom. The zero-order valence-electron chi connectivity index (χ0n) is 34.3. The summed E-state index contributed by atoms with van der Waals surface area (Å²) < 4.78 is 37.4. The molecule has 4 aliphatic heterocycles. The highest BCUT2D eigenvalue weighted by atomic mass is 16.6. The maximum Gasteiger partial charge on any atom is 0.362 e. The molecular formula is C45H52N2O11+2. The van der Waals surface area contributed by atoms with Gasteiger partial charge >= 0.3 is 17.9 Å².